The highest BCUT2D eigenvalue weighted by Crippen LogP contribution is 2.28. The zero-order chi connectivity index (χ0) is 13.1. The molecule has 2 aromatic rings. The second kappa shape index (κ2) is 5.14. The molecule has 6 heteroatoms. The normalized spacial score (nSPS) is 10.7. The minimum Gasteiger partial charge on any atom is -0.448 e. The van der Waals surface area contributed by atoms with Crippen LogP contribution >= 0.6 is 0 Å². The Balaban J connectivity index is 2.28. The lowest BCUT2D eigenvalue weighted by atomic mass is 10.1. The summed E-state index contributed by atoms with van der Waals surface area (Å²) < 4.78 is 34.0. The maximum Gasteiger partial charge on any atom is 0.198 e. The van der Waals surface area contributed by atoms with E-state index in [1.807, 2.05) is 0 Å². The fourth-order valence-electron chi connectivity index (χ4n) is 1.59. The third-order valence-corrected chi connectivity index (χ3v) is 2.39. The zero-order valence-corrected chi connectivity index (χ0v) is 9.86. The highest BCUT2D eigenvalue weighted by Gasteiger charge is 2.14. The van der Waals surface area contributed by atoms with Crippen molar-refractivity contribution in [1.29, 1.82) is 0 Å². The van der Waals surface area contributed by atoms with Gasteiger partial charge in [-0.1, -0.05) is 0 Å². The number of rotatable bonds is 4. The molecule has 0 unspecified atom stereocenters. The molecule has 2 N–H and O–H groups in total. The lowest BCUT2D eigenvalue weighted by Crippen LogP contribution is -2.04. The highest BCUT2D eigenvalue weighted by molar-refractivity contribution is 5.34. The van der Waals surface area contributed by atoms with E-state index in [0.29, 0.717) is 18.5 Å². The van der Waals surface area contributed by atoms with E-state index in [-0.39, 0.29) is 5.75 Å². The van der Waals surface area contributed by atoms with Gasteiger partial charge in [0.1, 0.15) is 0 Å². The van der Waals surface area contributed by atoms with Crippen molar-refractivity contribution in [2.75, 3.05) is 6.54 Å². The van der Waals surface area contributed by atoms with Crippen molar-refractivity contribution < 1.29 is 13.5 Å². The number of hydrogen-bond donors (Lipinski definition) is 1. The predicted octanol–water partition coefficient (Wildman–Crippen LogP) is 1.99. The molecule has 2 rings (SSSR count). The van der Waals surface area contributed by atoms with Gasteiger partial charge in [0.05, 0.1) is 12.4 Å². The zero-order valence-electron chi connectivity index (χ0n) is 9.86. The average molecular weight is 253 g/mol. The Morgan fingerprint density at radius 1 is 1.33 bits per heavy atom. The quantitative estimate of drug-likeness (QED) is 0.906. The van der Waals surface area contributed by atoms with Gasteiger partial charge >= 0.3 is 0 Å². The monoisotopic (exact) mass is 253 g/mol. The van der Waals surface area contributed by atoms with Gasteiger partial charge in [-0.15, -0.1) is 0 Å². The molecule has 0 aliphatic carbocycles. The third kappa shape index (κ3) is 2.65. The van der Waals surface area contributed by atoms with Crippen molar-refractivity contribution in [2.45, 2.75) is 6.42 Å². The Bertz CT molecular complexity index is 531. The van der Waals surface area contributed by atoms with Crippen LogP contribution in [0.3, 0.4) is 0 Å². The summed E-state index contributed by atoms with van der Waals surface area (Å²) in [5.74, 6) is -1.64. The molecule has 0 aliphatic rings. The van der Waals surface area contributed by atoms with Crippen LogP contribution in [0.1, 0.15) is 5.56 Å². The van der Waals surface area contributed by atoms with Gasteiger partial charge < -0.3 is 10.5 Å². The van der Waals surface area contributed by atoms with E-state index in [1.165, 1.54) is 29.2 Å². The van der Waals surface area contributed by atoms with Gasteiger partial charge in [0.25, 0.3) is 0 Å². The number of halogens is 2. The highest BCUT2D eigenvalue weighted by atomic mass is 19.1. The lowest BCUT2D eigenvalue weighted by Gasteiger charge is -2.07. The number of nitrogens with zero attached hydrogens (tertiary/aromatic N) is 2. The van der Waals surface area contributed by atoms with Crippen LogP contribution in [0.15, 0.2) is 24.5 Å². The summed E-state index contributed by atoms with van der Waals surface area (Å²) in [5, 5.41) is 3.85. The van der Waals surface area contributed by atoms with Crippen LogP contribution in [0.2, 0.25) is 0 Å². The average Bonchev–Trinajstić information content (AvgIpc) is 2.70. The number of aryl methyl sites for hydroxylation is 1. The van der Waals surface area contributed by atoms with Crippen molar-refractivity contribution in [2.24, 2.45) is 12.8 Å². The first-order valence-electron chi connectivity index (χ1n) is 5.44. The second-order valence-corrected chi connectivity index (χ2v) is 3.88. The standard InChI is InChI=1S/C12H13F2N3O/c1-17-7-9(6-16-17)18-12-10(13)4-8(2-3-15)5-11(12)14/h4-7H,2-3,15H2,1H3. The Morgan fingerprint density at radius 2 is 2.00 bits per heavy atom. The second-order valence-electron chi connectivity index (χ2n) is 3.88. The molecule has 18 heavy (non-hydrogen) atoms. The molecular formula is C12H13F2N3O. The summed E-state index contributed by atoms with van der Waals surface area (Å²) in [6.07, 6.45) is 3.32. The van der Waals surface area contributed by atoms with Crippen LogP contribution in [0.5, 0.6) is 11.5 Å². The Hall–Kier alpha value is -1.95. The van der Waals surface area contributed by atoms with E-state index in [1.54, 1.807) is 7.05 Å². The molecule has 0 fully saturated rings. The maximum atomic E-state index is 13.7. The van der Waals surface area contributed by atoms with Crippen LogP contribution in [0.25, 0.3) is 0 Å². The summed E-state index contributed by atoms with van der Waals surface area (Å²) in [6.45, 7) is 0.335. The summed E-state index contributed by atoms with van der Waals surface area (Å²) in [5.41, 5.74) is 5.84. The van der Waals surface area contributed by atoms with Crippen LogP contribution in [-0.4, -0.2) is 16.3 Å². The predicted molar refractivity (Wildman–Crippen MR) is 62.4 cm³/mol. The molecule has 0 radical (unpaired) electrons. The van der Waals surface area contributed by atoms with Gasteiger partial charge in [-0.3, -0.25) is 4.68 Å². The molecule has 1 aromatic carbocycles. The molecule has 1 heterocycles. The van der Waals surface area contributed by atoms with Gasteiger partial charge in [-0.2, -0.15) is 5.10 Å². The van der Waals surface area contributed by atoms with E-state index in [2.05, 4.69) is 5.10 Å². The van der Waals surface area contributed by atoms with E-state index in [4.69, 9.17) is 10.5 Å². The minimum absolute atomic E-state index is 0.280. The first kappa shape index (κ1) is 12.5. The van der Waals surface area contributed by atoms with Gasteiger partial charge in [-0.25, -0.2) is 8.78 Å². The number of nitrogens with two attached hydrogens (primary N) is 1. The lowest BCUT2D eigenvalue weighted by molar-refractivity contribution is 0.406. The summed E-state index contributed by atoms with van der Waals surface area (Å²) in [7, 11) is 1.68. The topological polar surface area (TPSA) is 53.1 Å². The van der Waals surface area contributed by atoms with Crippen molar-refractivity contribution in [3.8, 4) is 11.5 Å². The summed E-state index contributed by atoms with van der Waals surface area (Å²) in [6, 6.07) is 2.45. The molecule has 96 valence electrons. The molecule has 0 saturated heterocycles. The Morgan fingerprint density at radius 3 is 2.50 bits per heavy atom. The van der Waals surface area contributed by atoms with Crippen LogP contribution in [-0.2, 0) is 13.5 Å². The molecule has 1 aromatic heterocycles. The fraction of sp³-hybridized carbons (Fsp3) is 0.250. The van der Waals surface area contributed by atoms with E-state index in [0.717, 1.165) is 0 Å². The molecule has 0 bridgehead atoms. The summed E-state index contributed by atoms with van der Waals surface area (Å²) in [4.78, 5) is 0. The summed E-state index contributed by atoms with van der Waals surface area (Å²) >= 11 is 0. The van der Waals surface area contributed by atoms with Gasteiger partial charge in [0.15, 0.2) is 23.1 Å². The SMILES string of the molecule is Cn1cc(Oc2c(F)cc(CCN)cc2F)cn1. The van der Waals surface area contributed by atoms with Gasteiger partial charge in [0, 0.05) is 7.05 Å². The number of aromatic nitrogens is 2. The minimum atomic E-state index is -0.748. The van der Waals surface area contributed by atoms with Crippen molar-refractivity contribution in [1.82, 2.24) is 9.78 Å². The van der Waals surface area contributed by atoms with Crippen molar-refractivity contribution >= 4 is 0 Å². The van der Waals surface area contributed by atoms with E-state index < -0.39 is 17.4 Å². The third-order valence-electron chi connectivity index (χ3n) is 2.39. The van der Waals surface area contributed by atoms with Crippen LogP contribution in [0, 0.1) is 11.6 Å². The molecule has 4 nitrogen and oxygen atoms in total. The Labute approximate surface area is 103 Å². The number of hydrogen-bond acceptors (Lipinski definition) is 3. The molecular weight excluding hydrogens is 240 g/mol. The van der Waals surface area contributed by atoms with Crippen molar-refractivity contribution in [3.05, 3.63) is 41.7 Å². The first-order valence-corrected chi connectivity index (χ1v) is 5.44. The van der Waals surface area contributed by atoms with E-state index in [9.17, 15) is 8.78 Å². The van der Waals surface area contributed by atoms with E-state index >= 15 is 0 Å². The molecule has 0 aliphatic heterocycles. The molecule has 0 amide bonds. The van der Waals surface area contributed by atoms with Crippen molar-refractivity contribution in [3.63, 3.8) is 0 Å². The maximum absolute atomic E-state index is 13.7. The van der Waals surface area contributed by atoms with Gasteiger partial charge in [0.2, 0.25) is 0 Å². The smallest absolute Gasteiger partial charge is 0.198 e. The molecule has 0 saturated carbocycles. The molecule has 0 atom stereocenters. The first-order chi connectivity index (χ1) is 8.60. The molecule has 0 spiro atoms. The fourth-order valence-corrected chi connectivity index (χ4v) is 1.59. The largest absolute Gasteiger partial charge is 0.448 e. The number of ether oxygens (including phenoxy) is 1. The Kier molecular flexibility index (Phi) is 3.57. The van der Waals surface area contributed by atoms with Crippen LogP contribution in [0.4, 0.5) is 8.78 Å². The van der Waals surface area contributed by atoms with Crippen LogP contribution < -0.4 is 10.5 Å². The number of benzene rings is 1. The van der Waals surface area contributed by atoms with Gasteiger partial charge in [-0.05, 0) is 30.7 Å².